The summed E-state index contributed by atoms with van der Waals surface area (Å²) in [7, 11) is 0. The third-order valence-corrected chi connectivity index (χ3v) is 4.17. The molecule has 2 aliphatic heterocycles. The molecule has 0 saturated carbocycles. The summed E-state index contributed by atoms with van der Waals surface area (Å²) >= 11 is 0. The van der Waals surface area contributed by atoms with E-state index in [-0.39, 0.29) is 11.9 Å². The molecule has 2 heterocycles. The van der Waals surface area contributed by atoms with E-state index in [0.717, 1.165) is 13.0 Å². The van der Waals surface area contributed by atoms with Crippen molar-refractivity contribution in [2.75, 3.05) is 19.6 Å². The van der Waals surface area contributed by atoms with Crippen LogP contribution in [-0.4, -0.2) is 58.5 Å². The Morgan fingerprint density at radius 3 is 2.50 bits per heavy atom. The van der Waals surface area contributed by atoms with Crippen LogP contribution < -0.4 is 0 Å². The molecule has 1 atom stereocenters. The van der Waals surface area contributed by atoms with Crippen LogP contribution in [0.1, 0.15) is 47.5 Å². The highest BCUT2D eigenvalue weighted by Gasteiger charge is 2.54. The summed E-state index contributed by atoms with van der Waals surface area (Å²) in [5, 5.41) is 0. The quantitative estimate of drug-likeness (QED) is 0.738. The van der Waals surface area contributed by atoms with Crippen molar-refractivity contribution in [2.45, 2.75) is 64.6 Å². The molecule has 5 nitrogen and oxygen atoms in total. The van der Waals surface area contributed by atoms with Gasteiger partial charge in [0.15, 0.2) is 5.78 Å². The fourth-order valence-corrected chi connectivity index (χ4v) is 3.32. The molecule has 0 aromatic rings. The lowest BCUT2D eigenvalue weighted by Gasteiger charge is -2.36. The van der Waals surface area contributed by atoms with E-state index in [9.17, 15) is 9.59 Å². The summed E-state index contributed by atoms with van der Waals surface area (Å²) < 4.78 is 5.41. The fraction of sp³-hybridized carbons (Fsp3) is 0.867. The van der Waals surface area contributed by atoms with Gasteiger partial charge in [0.2, 0.25) is 0 Å². The largest absolute Gasteiger partial charge is 0.444 e. The molecular weight excluding hydrogens is 256 g/mol. The Hall–Kier alpha value is -1.10. The average molecular weight is 282 g/mol. The minimum atomic E-state index is -0.496. The summed E-state index contributed by atoms with van der Waals surface area (Å²) in [5.74, 6) is 0.275. The van der Waals surface area contributed by atoms with Crippen LogP contribution in [0, 0.1) is 0 Å². The zero-order valence-corrected chi connectivity index (χ0v) is 13.2. The number of ether oxygens (including phenoxy) is 1. The number of carbonyl (C=O) groups is 2. The first kappa shape index (κ1) is 15.3. The van der Waals surface area contributed by atoms with Gasteiger partial charge in [-0.3, -0.25) is 9.69 Å². The van der Waals surface area contributed by atoms with Crippen LogP contribution in [0.3, 0.4) is 0 Å². The highest BCUT2D eigenvalue weighted by Crippen LogP contribution is 2.36. The highest BCUT2D eigenvalue weighted by atomic mass is 16.6. The van der Waals surface area contributed by atoms with Crippen molar-refractivity contribution in [1.29, 1.82) is 0 Å². The monoisotopic (exact) mass is 282 g/mol. The number of rotatable bonds is 1. The average Bonchev–Trinajstić information content (AvgIpc) is 2.84. The molecule has 2 fully saturated rings. The molecule has 1 unspecified atom stereocenters. The van der Waals surface area contributed by atoms with Crippen LogP contribution in [0.2, 0.25) is 0 Å². The first-order valence-electron chi connectivity index (χ1n) is 7.44. The maximum Gasteiger partial charge on any atom is 0.410 e. The smallest absolute Gasteiger partial charge is 0.410 e. The molecule has 0 N–H and O–H groups in total. The number of nitrogens with zero attached hydrogens (tertiary/aromatic N) is 2. The Morgan fingerprint density at radius 2 is 1.95 bits per heavy atom. The van der Waals surface area contributed by atoms with Crippen LogP contribution in [-0.2, 0) is 9.53 Å². The van der Waals surface area contributed by atoms with Crippen molar-refractivity contribution in [1.82, 2.24) is 9.80 Å². The van der Waals surface area contributed by atoms with Crippen LogP contribution in [0.4, 0.5) is 4.79 Å². The Kier molecular flexibility index (Phi) is 3.84. The minimum absolute atomic E-state index is 0.275. The van der Waals surface area contributed by atoms with Crippen molar-refractivity contribution in [2.24, 2.45) is 0 Å². The van der Waals surface area contributed by atoms with E-state index < -0.39 is 11.1 Å². The lowest BCUT2D eigenvalue weighted by Crippen LogP contribution is -2.53. The van der Waals surface area contributed by atoms with Gasteiger partial charge in [-0.25, -0.2) is 4.79 Å². The van der Waals surface area contributed by atoms with E-state index in [4.69, 9.17) is 4.74 Å². The zero-order valence-electron chi connectivity index (χ0n) is 13.2. The molecule has 1 amide bonds. The Balaban J connectivity index is 2.10. The molecule has 114 valence electrons. The Bertz CT molecular complexity index is 414. The molecule has 2 aliphatic rings. The van der Waals surface area contributed by atoms with Crippen molar-refractivity contribution < 1.29 is 14.3 Å². The zero-order chi connectivity index (χ0) is 15.1. The molecule has 2 saturated heterocycles. The molecule has 0 bridgehead atoms. The van der Waals surface area contributed by atoms with Gasteiger partial charge < -0.3 is 9.64 Å². The second-order valence-electron chi connectivity index (χ2n) is 7.14. The minimum Gasteiger partial charge on any atom is -0.444 e. The maximum atomic E-state index is 12.3. The number of amides is 1. The first-order valence-corrected chi connectivity index (χ1v) is 7.44. The predicted octanol–water partition coefficient (Wildman–Crippen LogP) is 2.05. The fourth-order valence-electron chi connectivity index (χ4n) is 3.32. The lowest BCUT2D eigenvalue weighted by atomic mass is 9.93. The number of hydrogen-bond donors (Lipinski definition) is 0. The van der Waals surface area contributed by atoms with E-state index in [0.29, 0.717) is 25.6 Å². The number of carbonyl (C=O) groups excluding carboxylic acids is 2. The van der Waals surface area contributed by atoms with Crippen molar-refractivity contribution in [3.8, 4) is 0 Å². The standard InChI is InChI=1S/C15H26N2O3/c1-11(2)17-8-6-12(18)15(17)7-9-16(10-15)13(19)20-14(3,4)5/h11H,6-10H2,1-5H3. The molecule has 0 aliphatic carbocycles. The highest BCUT2D eigenvalue weighted by molar-refractivity contribution is 5.92. The van der Waals surface area contributed by atoms with Gasteiger partial charge in [0.1, 0.15) is 5.60 Å². The first-order chi connectivity index (χ1) is 9.16. The van der Waals surface area contributed by atoms with Gasteiger partial charge in [-0.2, -0.15) is 0 Å². The van der Waals surface area contributed by atoms with E-state index in [1.54, 1.807) is 4.90 Å². The summed E-state index contributed by atoms with van der Waals surface area (Å²) in [5.41, 5.74) is -0.963. The van der Waals surface area contributed by atoms with Crippen LogP contribution in [0.15, 0.2) is 0 Å². The molecule has 0 aromatic carbocycles. The van der Waals surface area contributed by atoms with Crippen LogP contribution in [0.5, 0.6) is 0 Å². The molecule has 1 spiro atoms. The third-order valence-electron chi connectivity index (χ3n) is 4.17. The van der Waals surface area contributed by atoms with Gasteiger partial charge in [0.25, 0.3) is 0 Å². The molecule has 2 rings (SSSR count). The molecule has 20 heavy (non-hydrogen) atoms. The summed E-state index contributed by atoms with van der Waals surface area (Å²) in [4.78, 5) is 28.4. The summed E-state index contributed by atoms with van der Waals surface area (Å²) in [6.45, 7) is 11.7. The Morgan fingerprint density at radius 1 is 1.30 bits per heavy atom. The molecule has 0 radical (unpaired) electrons. The second kappa shape index (κ2) is 5.02. The van der Waals surface area contributed by atoms with Gasteiger partial charge in [-0.05, 0) is 41.0 Å². The van der Waals surface area contributed by atoms with Gasteiger partial charge in [0, 0.05) is 32.1 Å². The van der Waals surface area contributed by atoms with Crippen molar-refractivity contribution in [3.63, 3.8) is 0 Å². The van der Waals surface area contributed by atoms with Crippen molar-refractivity contribution in [3.05, 3.63) is 0 Å². The van der Waals surface area contributed by atoms with Crippen molar-refractivity contribution >= 4 is 11.9 Å². The third kappa shape index (κ3) is 2.68. The number of Topliss-reactive ketones (excluding diaryl/α,β-unsaturated/α-hetero) is 1. The number of ketones is 1. The van der Waals surface area contributed by atoms with Gasteiger partial charge in [-0.1, -0.05) is 0 Å². The maximum absolute atomic E-state index is 12.3. The van der Waals surface area contributed by atoms with E-state index in [1.165, 1.54) is 0 Å². The van der Waals surface area contributed by atoms with E-state index in [1.807, 2.05) is 20.8 Å². The summed E-state index contributed by atoms with van der Waals surface area (Å²) in [6.07, 6.45) is 1.02. The van der Waals surface area contributed by atoms with Gasteiger partial charge in [-0.15, -0.1) is 0 Å². The topological polar surface area (TPSA) is 49.9 Å². The second-order valence-corrected chi connectivity index (χ2v) is 7.14. The number of likely N-dealkylation sites (tertiary alicyclic amines) is 2. The SMILES string of the molecule is CC(C)N1CCC(=O)C12CCN(C(=O)OC(C)(C)C)C2. The molecular formula is C15H26N2O3. The van der Waals surface area contributed by atoms with E-state index in [2.05, 4.69) is 18.7 Å². The lowest BCUT2D eigenvalue weighted by molar-refractivity contribution is -0.125. The predicted molar refractivity (Wildman–Crippen MR) is 76.6 cm³/mol. The normalized spacial score (nSPS) is 27.9. The van der Waals surface area contributed by atoms with Gasteiger partial charge >= 0.3 is 6.09 Å². The summed E-state index contributed by atoms with van der Waals surface area (Å²) in [6, 6.07) is 0.319. The Labute approximate surface area is 121 Å². The van der Waals surface area contributed by atoms with Crippen LogP contribution in [0.25, 0.3) is 0 Å². The molecule has 0 aromatic heterocycles. The van der Waals surface area contributed by atoms with Crippen LogP contribution >= 0.6 is 0 Å². The number of hydrogen-bond acceptors (Lipinski definition) is 4. The van der Waals surface area contributed by atoms with Gasteiger partial charge in [0.05, 0.1) is 5.54 Å². The van der Waals surface area contributed by atoms with E-state index >= 15 is 0 Å². The molecule has 5 heteroatoms.